The SMILES string of the molecule is Cc1csc(S(=O)(=O)NCc2noc(C3CCCO3)n2)c1. The molecule has 3 heterocycles. The molecule has 9 heteroatoms. The Hall–Kier alpha value is -1.29. The molecule has 0 bridgehead atoms. The first kappa shape index (κ1) is 14.6. The fourth-order valence-corrected chi connectivity index (χ4v) is 4.27. The molecule has 0 saturated carbocycles. The molecule has 0 aromatic carbocycles. The predicted molar refractivity (Wildman–Crippen MR) is 75.3 cm³/mol. The summed E-state index contributed by atoms with van der Waals surface area (Å²) < 4.78 is 37.4. The molecule has 7 nitrogen and oxygen atoms in total. The second-order valence-corrected chi connectivity index (χ2v) is 7.72. The summed E-state index contributed by atoms with van der Waals surface area (Å²) in [6, 6.07) is 1.63. The standard InChI is InChI=1S/C12H15N3O4S2/c1-8-5-11(20-7-8)21(16,17)13-6-10-14-12(19-15-10)9-3-2-4-18-9/h5,7,9,13H,2-4,6H2,1H3. The molecule has 1 aliphatic rings. The summed E-state index contributed by atoms with van der Waals surface area (Å²) >= 11 is 1.18. The summed E-state index contributed by atoms with van der Waals surface area (Å²) in [6.07, 6.45) is 1.65. The molecule has 1 aliphatic heterocycles. The van der Waals surface area contributed by atoms with Crippen LogP contribution >= 0.6 is 11.3 Å². The zero-order valence-corrected chi connectivity index (χ0v) is 13.0. The van der Waals surface area contributed by atoms with Gasteiger partial charge in [0.15, 0.2) is 5.82 Å². The number of aryl methyl sites for hydroxylation is 1. The molecule has 114 valence electrons. The van der Waals surface area contributed by atoms with Gasteiger partial charge in [0.05, 0.1) is 6.54 Å². The van der Waals surface area contributed by atoms with Crippen LogP contribution in [-0.4, -0.2) is 25.2 Å². The number of thiophene rings is 1. The normalized spacial score (nSPS) is 19.2. The lowest BCUT2D eigenvalue weighted by Crippen LogP contribution is -2.23. The van der Waals surface area contributed by atoms with Crippen molar-refractivity contribution in [3.8, 4) is 0 Å². The van der Waals surface area contributed by atoms with Crippen LogP contribution in [-0.2, 0) is 21.3 Å². The molecular formula is C12H15N3O4S2. The van der Waals surface area contributed by atoms with Gasteiger partial charge in [-0.3, -0.25) is 0 Å². The Bertz CT molecular complexity index is 716. The van der Waals surface area contributed by atoms with Gasteiger partial charge in [0, 0.05) is 6.61 Å². The van der Waals surface area contributed by atoms with E-state index in [9.17, 15) is 8.42 Å². The Kier molecular flexibility index (Phi) is 4.07. The van der Waals surface area contributed by atoms with Gasteiger partial charge in [-0.15, -0.1) is 11.3 Å². The van der Waals surface area contributed by atoms with E-state index in [0.29, 0.717) is 18.3 Å². The highest BCUT2D eigenvalue weighted by atomic mass is 32.2. The van der Waals surface area contributed by atoms with Crippen molar-refractivity contribution in [3.63, 3.8) is 0 Å². The Morgan fingerprint density at radius 1 is 1.52 bits per heavy atom. The minimum atomic E-state index is -3.53. The number of aromatic nitrogens is 2. The zero-order valence-electron chi connectivity index (χ0n) is 11.4. The average molecular weight is 329 g/mol. The van der Waals surface area contributed by atoms with Crippen LogP contribution < -0.4 is 4.72 Å². The second-order valence-electron chi connectivity index (χ2n) is 4.82. The van der Waals surface area contributed by atoms with Crippen LogP contribution in [0, 0.1) is 6.92 Å². The van der Waals surface area contributed by atoms with E-state index in [2.05, 4.69) is 14.9 Å². The summed E-state index contributed by atoms with van der Waals surface area (Å²) in [5.41, 5.74) is 0.917. The van der Waals surface area contributed by atoms with Crippen LogP contribution in [0.4, 0.5) is 0 Å². The van der Waals surface area contributed by atoms with Gasteiger partial charge in [0.25, 0.3) is 5.89 Å². The van der Waals surface area contributed by atoms with E-state index in [4.69, 9.17) is 9.26 Å². The van der Waals surface area contributed by atoms with Crippen LogP contribution in [0.15, 0.2) is 20.2 Å². The Morgan fingerprint density at radius 3 is 3.05 bits per heavy atom. The molecule has 21 heavy (non-hydrogen) atoms. The lowest BCUT2D eigenvalue weighted by atomic mass is 10.2. The Morgan fingerprint density at radius 2 is 2.38 bits per heavy atom. The van der Waals surface area contributed by atoms with Crippen molar-refractivity contribution >= 4 is 21.4 Å². The van der Waals surface area contributed by atoms with E-state index in [1.165, 1.54) is 11.3 Å². The molecule has 2 aromatic rings. The first-order valence-electron chi connectivity index (χ1n) is 6.53. The Balaban J connectivity index is 1.64. The van der Waals surface area contributed by atoms with Crippen molar-refractivity contribution in [1.82, 2.24) is 14.9 Å². The third-order valence-electron chi connectivity index (χ3n) is 3.08. The number of hydrogen-bond acceptors (Lipinski definition) is 7. The van der Waals surface area contributed by atoms with Gasteiger partial charge in [0.2, 0.25) is 10.0 Å². The van der Waals surface area contributed by atoms with Crippen LogP contribution in [0.2, 0.25) is 0 Å². The molecule has 1 atom stereocenters. The minimum absolute atomic E-state index is 0.00446. The monoisotopic (exact) mass is 329 g/mol. The number of rotatable bonds is 5. The number of nitrogens with zero attached hydrogens (tertiary/aromatic N) is 2. The van der Waals surface area contributed by atoms with Crippen molar-refractivity contribution < 1.29 is 17.7 Å². The van der Waals surface area contributed by atoms with Crippen molar-refractivity contribution in [3.05, 3.63) is 28.7 Å². The second kappa shape index (κ2) is 5.84. The van der Waals surface area contributed by atoms with E-state index in [-0.39, 0.29) is 16.9 Å². The maximum Gasteiger partial charge on any atom is 0.255 e. The van der Waals surface area contributed by atoms with Crippen molar-refractivity contribution in [1.29, 1.82) is 0 Å². The molecular weight excluding hydrogens is 314 g/mol. The maximum atomic E-state index is 12.1. The van der Waals surface area contributed by atoms with Gasteiger partial charge in [-0.1, -0.05) is 5.16 Å². The first-order valence-corrected chi connectivity index (χ1v) is 8.90. The van der Waals surface area contributed by atoms with E-state index in [1.54, 1.807) is 11.4 Å². The average Bonchev–Trinajstić information content (AvgIpc) is 3.17. The zero-order chi connectivity index (χ0) is 14.9. The maximum absolute atomic E-state index is 12.1. The van der Waals surface area contributed by atoms with E-state index >= 15 is 0 Å². The van der Waals surface area contributed by atoms with Crippen molar-refractivity contribution in [2.75, 3.05) is 6.61 Å². The van der Waals surface area contributed by atoms with Gasteiger partial charge < -0.3 is 9.26 Å². The molecule has 1 unspecified atom stereocenters. The van der Waals surface area contributed by atoms with Crippen LogP contribution in [0.25, 0.3) is 0 Å². The first-order chi connectivity index (χ1) is 10.0. The molecule has 1 fully saturated rings. The lowest BCUT2D eigenvalue weighted by molar-refractivity contribution is 0.0835. The molecule has 0 spiro atoms. The van der Waals surface area contributed by atoms with Gasteiger partial charge in [0.1, 0.15) is 10.3 Å². The number of nitrogens with one attached hydrogen (secondary N) is 1. The molecule has 2 aromatic heterocycles. The third-order valence-corrected chi connectivity index (χ3v) is 6.04. The fourth-order valence-electron chi connectivity index (χ4n) is 2.02. The number of ether oxygens (including phenoxy) is 1. The van der Waals surface area contributed by atoms with E-state index in [0.717, 1.165) is 18.4 Å². The molecule has 1 N–H and O–H groups in total. The smallest absolute Gasteiger partial charge is 0.255 e. The quantitative estimate of drug-likeness (QED) is 0.898. The van der Waals surface area contributed by atoms with Crippen LogP contribution in [0.5, 0.6) is 0 Å². The lowest BCUT2D eigenvalue weighted by Gasteiger charge is -2.01. The minimum Gasteiger partial charge on any atom is -0.368 e. The molecule has 0 amide bonds. The number of hydrogen-bond donors (Lipinski definition) is 1. The van der Waals surface area contributed by atoms with Gasteiger partial charge in [-0.25, -0.2) is 13.1 Å². The summed E-state index contributed by atoms with van der Waals surface area (Å²) in [7, 11) is -3.53. The fraction of sp³-hybridized carbons (Fsp3) is 0.500. The van der Waals surface area contributed by atoms with E-state index < -0.39 is 10.0 Å². The van der Waals surface area contributed by atoms with Gasteiger partial charge >= 0.3 is 0 Å². The summed E-state index contributed by atoms with van der Waals surface area (Å²) in [5, 5.41) is 5.56. The highest BCUT2D eigenvalue weighted by Crippen LogP contribution is 2.27. The highest BCUT2D eigenvalue weighted by Gasteiger charge is 2.24. The van der Waals surface area contributed by atoms with Crippen molar-refractivity contribution in [2.45, 2.75) is 36.6 Å². The molecule has 1 saturated heterocycles. The molecule has 0 aliphatic carbocycles. The Labute approximate surface area is 126 Å². The van der Waals surface area contributed by atoms with Gasteiger partial charge in [-0.05, 0) is 36.8 Å². The molecule has 0 radical (unpaired) electrons. The summed E-state index contributed by atoms with van der Waals surface area (Å²) in [4.78, 5) is 4.17. The van der Waals surface area contributed by atoms with Crippen molar-refractivity contribution in [2.24, 2.45) is 0 Å². The van der Waals surface area contributed by atoms with Crippen LogP contribution in [0.1, 0.15) is 36.2 Å². The summed E-state index contributed by atoms with van der Waals surface area (Å²) in [6.45, 7) is 2.53. The van der Waals surface area contributed by atoms with E-state index in [1.807, 2.05) is 6.92 Å². The predicted octanol–water partition coefficient (Wildman–Crippen LogP) is 1.77. The van der Waals surface area contributed by atoms with Crippen LogP contribution in [0.3, 0.4) is 0 Å². The van der Waals surface area contributed by atoms with Gasteiger partial charge in [-0.2, -0.15) is 4.98 Å². The number of sulfonamides is 1. The highest BCUT2D eigenvalue weighted by molar-refractivity contribution is 7.91. The largest absolute Gasteiger partial charge is 0.368 e. The molecule has 3 rings (SSSR count). The third kappa shape index (κ3) is 3.31. The topological polar surface area (TPSA) is 94.3 Å². The summed E-state index contributed by atoms with van der Waals surface area (Å²) in [5.74, 6) is 0.714.